The SMILES string of the molecule is CC(C)(F)Cc1ccccc1/C=C/CN. The molecule has 2 heteroatoms. The van der Waals surface area contributed by atoms with Crippen molar-refractivity contribution < 1.29 is 4.39 Å². The highest BCUT2D eigenvalue weighted by Gasteiger charge is 2.17. The van der Waals surface area contributed by atoms with Crippen LogP contribution >= 0.6 is 0 Å². The van der Waals surface area contributed by atoms with Crippen molar-refractivity contribution in [2.75, 3.05) is 6.54 Å². The number of hydrogen-bond acceptors (Lipinski definition) is 1. The minimum Gasteiger partial charge on any atom is -0.327 e. The standard InChI is InChI=1S/C13H18FN/c1-13(2,14)10-12-7-4-3-6-11(12)8-5-9-15/h3-8H,9-10,15H2,1-2H3/b8-5+. The number of rotatable bonds is 4. The summed E-state index contributed by atoms with van der Waals surface area (Å²) in [5, 5.41) is 0. The van der Waals surface area contributed by atoms with Crippen LogP contribution in [0.3, 0.4) is 0 Å². The van der Waals surface area contributed by atoms with Gasteiger partial charge < -0.3 is 5.73 Å². The molecular formula is C13H18FN. The van der Waals surface area contributed by atoms with Crippen molar-refractivity contribution in [2.45, 2.75) is 25.9 Å². The maximum Gasteiger partial charge on any atom is 0.109 e. The lowest BCUT2D eigenvalue weighted by molar-refractivity contribution is 0.217. The number of nitrogens with two attached hydrogens (primary N) is 1. The maximum absolute atomic E-state index is 13.5. The molecule has 0 fully saturated rings. The summed E-state index contributed by atoms with van der Waals surface area (Å²) in [5.74, 6) is 0. The first kappa shape index (κ1) is 11.9. The molecule has 0 aliphatic carbocycles. The molecule has 0 aromatic heterocycles. The number of hydrogen-bond donors (Lipinski definition) is 1. The first-order chi connectivity index (χ1) is 7.03. The zero-order valence-corrected chi connectivity index (χ0v) is 9.33. The molecule has 0 aliphatic rings. The van der Waals surface area contributed by atoms with Crippen LogP contribution in [0.2, 0.25) is 0 Å². The van der Waals surface area contributed by atoms with Gasteiger partial charge in [-0.15, -0.1) is 0 Å². The third-order valence-corrected chi connectivity index (χ3v) is 2.10. The molecule has 0 saturated heterocycles. The molecule has 0 spiro atoms. The first-order valence-electron chi connectivity index (χ1n) is 5.16. The molecule has 82 valence electrons. The Morgan fingerprint density at radius 2 is 2.00 bits per heavy atom. The average Bonchev–Trinajstić information content (AvgIpc) is 2.14. The molecular weight excluding hydrogens is 189 g/mol. The summed E-state index contributed by atoms with van der Waals surface area (Å²) in [5.41, 5.74) is 6.29. The summed E-state index contributed by atoms with van der Waals surface area (Å²) >= 11 is 0. The predicted octanol–water partition coefficient (Wildman–Crippen LogP) is 2.95. The van der Waals surface area contributed by atoms with Crippen LogP contribution in [-0.4, -0.2) is 12.2 Å². The molecule has 1 aromatic rings. The van der Waals surface area contributed by atoms with Gasteiger partial charge in [0.1, 0.15) is 5.67 Å². The van der Waals surface area contributed by atoms with Crippen LogP contribution in [0, 0.1) is 0 Å². The van der Waals surface area contributed by atoms with Crippen molar-refractivity contribution in [1.29, 1.82) is 0 Å². The molecule has 2 N–H and O–H groups in total. The normalized spacial score (nSPS) is 12.3. The van der Waals surface area contributed by atoms with Crippen LogP contribution in [0.5, 0.6) is 0 Å². The highest BCUT2D eigenvalue weighted by Crippen LogP contribution is 2.20. The molecule has 0 amide bonds. The lowest BCUT2D eigenvalue weighted by atomic mass is 9.96. The van der Waals surface area contributed by atoms with E-state index in [1.165, 1.54) is 0 Å². The Kier molecular flexibility index (Phi) is 4.04. The van der Waals surface area contributed by atoms with Gasteiger partial charge in [0.05, 0.1) is 0 Å². The number of alkyl halides is 1. The van der Waals surface area contributed by atoms with Crippen LogP contribution in [0.25, 0.3) is 6.08 Å². The minimum atomic E-state index is -1.17. The van der Waals surface area contributed by atoms with Gasteiger partial charge in [-0.05, 0) is 25.0 Å². The van der Waals surface area contributed by atoms with E-state index in [0.717, 1.165) is 11.1 Å². The van der Waals surface area contributed by atoms with Gasteiger partial charge in [-0.1, -0.05) is 36.4 Å². The van der Waals surface area contributed by atoms with Gasteiger partial charge in [0.2, 0.25) is 0 Å². The van der Waals surface area contributed by atoms with Crippen molar-refractivity contribution in [1.82, 2.24) is 0 Å². The highest BCUT2D eigenvalue weighted by atomic mass is 19.1. The summed E-state index contributed by atoms with van der Waals surface area (Å²) in [7, 11) is 0. The average molecular weight is 207 g/mol. The molecule has 0 heterocycles. The zero-order chi connectivity index (χ0) is 11.3. The Morgan fingerprint density at radius 1 is 1.33 bits per heavy atom. The Hall–Kier alpha value is -1.15. The smallest absolute Gasteiger partial charge is 0.109 e. The first-order valence-corrected chi connectivity index (χ1v) is 5.16. The fraction of sp³-hybridized carbons (Fsp3) is 0.385. The molecule has 0 unspecified atom stereocenters. The van der Waals surface area contributed by atoms with Gasteiger partial charge in [0.15, 0.2) is 0 Å². The summed E-state index contributed by atoms with van der Waals surface area (Å²) < 4.78 is 13.5. The molecule has 1 aromatic carbocycles. The molecule has 15 heavy (non-hydrogen) atoms. The molecule has 0 bridgehead atoms. The van der Waals surface area contributed by atoms with Crippen LogP contribution in [-0.2, 0) is 6.42 Å². The van der Waals surface area contributed by atoms with E-state index < -0.39 is 5.67 Å². The van der Waals surface area contributed by atoms with Gasteiger partial charge in [0.25, 0.3) is 0 Å². The van der Waals surface area contributed by atoms with Crippen molar-refractivity contribution in [2.24, 2.45) is 5.73 Å². The van der Waals surface area contributed by atoms with E-state index in [4.69, 9.17) is 5.73 Å². The maximum atomic E-state index is 13.5. The quantitative estimate of drug-likeness (QED) is 0.807. The van der Waals surface area contributed by atoms with E-state index in [0.29, 0.717) is 13.0 Å². The monoisotopic (exact) mass is 207 g/mol. The van der Waals surface area contributed by atoms with Crippen molar-refractivity contribution in [3.05, 3.63) is 41.5 Å². The van der Waals surface area contributed by atoms with E-state index >= 15 is 0 Å². The topological polar surface area (TPSA) is 26.0 Å². The van der Waals surface area contributed by atoms with E-state index in [1.54, 1.807) is 13.8 Å². The van der Waals surface area contributed by atoms with E-state index in [1.807, 2.05) is 36.4 Å². The van der Waals surface area contributed by atoms with Gasteiger partial charge >= 0.3 is 0 Å². The molecule has 1 rings (SSSR count). The van der Waals surface area contributed by atoms with Crippen molar-refractivity contribution >= 4 is 6.08 Å². The van der Waals surface area contributed by atoms with Gasteiger partial charge in [-0.3, -0.25) is 0 Å². The zero-order valence-electron chi connectivity index (χ0n) is 9.33. The number of benzene rings is 1. The highest BCUT2D eigenvalue weighted by molar-refractivity contribution is 5.54. The second kappa shape index (κ2) is 5.08. The van der Waals surface area contributed by atoms with Gasteiger partial charge in [-0.2, -0.15) is 0 Å². The van der Waals surface area contributed by atoms with E-state index in [-0.39, 0.29) is 0 Å². The lowest BCUT2D eigenvalue weighted by Crippen LogP contribution is -2.16. The van der Waals surface area contributed by atoms with Crippen LogP contribution in [0.4, 0.5) is 4.39 Å². The number of halogens is 1. The van der Waals surface area contributed by atoms with Crippen LogP contribution in [0.1, 0.15) is 25.0 Å². The Balaban J connectivity index is 2.91. The van der Waals surface area contributed by atoms with Gasteiger partial charge in [-0.25, -0.2) is 4.39 Å². The Labute approximate surface area is 90.8 Å². The summed E-state index contributed by atoms with van der Waals surface area (Å²) in [6.45, 7) is 3.69. The summed E-state index contributed by atoms with van der Waals surface area (Å²) in [6, 6.07) is 7.82. The lowest BCUT2D eigenvalue weighted by Gasteiger charge is -2.15. The van der Waals surface area contributed by atoms with Crippen molar-refractivity contribution in [3.8, 4) is 0 Å². The molecule has 0 saturated carbocycles. The fourth-order valence-corrected chi connectivity index (χ4v) is 1.51. The third-order valence-electron chi connectivity index (χ3n) is 2.10. The second-order valence-electron chi connectivity index (χ2n) is 4.23. The Morgan fingerprint density at radius 3 is 2.60 bits per heavy atom. The van der Waals surface area contributed by atoms with E-state index in [2.05, 4.69) is 0 Å². The van der Waals surface area contributed by atoms with Crippen molar-refractivity contribution in [3.63, 3.8) is 0 Å². The predicted molar refractivity (Wildman–Crippen MR) is 63.4 cm³/mol. The molecule has 0 atom stereocenters. The summed E-state index contributed by atoms with van der Waals surface area (Å²) in [6.07, 6.45) is 4.25. The largest absolute Gasteiger partial charge is 0.327 e. The third kappa shape index (κ3) is 4.26. The summed E-state index contributed by atoms with van der Waals surface area (Å²) in [4.78, 5) is 0. The minimum absolute atomic E-state index is 0.429. The second-order valence-corrected chi connectivity index (χ2v) is 4.23. The van der Waals surface area contributed by atoms with E-state index in [9.17, 15) is 4.39 Å². The van der Waals surface area contributed by atoms with Crippen LogP contribution in [0.15, 0.2) is 30.3 Å². The fourth-order valence-electron chi connectivity index (χ4n) is 1.51. The molecule has 0 radical (unpaired) electrons. The molecule has 1 nitrogen and oxygen atoms in total. The van der Waals surface area contributed by atoms with Crippen LogP contribution < -0.4 is 5.73 Å². The Bertz CT molecular complexity index is 337. The molecule has 0 aliphatic heterocycles. The van der Waals surface area contributed by atoms with Gasteiger partial charge in [0, 0.05) is 13.0 Å².